The van der Waals surface area contributed by atoms with Gasteiger partial charge in [0.15, 0.2) is 0 Å². The van der Waals surface area contributed by atoms with Crippen LogP contribution in [-0.4, -0.2) is 75.7 Å². The number of nitrogens with one attached hydrogen (secondary N) is 2. The van der Waals surface area contributed by atoms with Crippen LogP contribution < -0.4 is 5.32 Å². The molecule has 40 heavy (non-hydrogen) atoms. The molecule has 4 rings (SSSR count). The van der Waals surface area contributed by atoms with Crippen molar-refractivity contribution in [3.05, 3.63) is 54.1 Å². The molecule has 2 aliphatic rings. The topological polar surface area (TPSA) is 126 Å². The van der Waals surface area contributed by atoms with E-state index in [1.54, 1.807) is 19.6 Å². The van der Waals surface area contributed by atoms with Crippen LogP contribution in [0.25, 0.3) is 0 Å². The third-order valence-electron chi connectivity index (χ3n) is 8.27. The molecule has 1 aromatic carbocycles. The lowest BCUT2D eigenvalue weighted by molar-refractivity contribution is -0.127. The standard InChI is InChI=1S/C30H44N4O6/c1-30(2)27(39-20-40-30)16-26(35)24(14-21-10-6-4-7-11-21)33-28(36)25(15-23-17-31-19-32-23)34(3)29(37)38-18-22-12-8-5-9-13-22/h5,8-9,12-13,17,19,21,24-27,35H,4,6-7,10-11,14-16,18,20H2,1-3H3,(H,31,32)(H,33,36)/t24-,25-,26-,27-/m0/s1. The lowest BCUT2D eigenvalue weighted by Crippen LogP contribution is -2.55. The monoisotopic (exact) mass is 556 g/mol. The van der Waals surface area contributed by atoms with Gasteiger partial charge in [-0.2, -0.15) is 0 Å². The third kappa shape index (κ3) is 8.28. The largest absolute Gasteiger partial charge is 0.445 e. The van der Waals surface area contributed by atoms with Crippen LogP contribution in [0, 0.1) is 5.92 Å². The van der Waals surface area contributed by atoms with E-state index >= 15 is 0 Å². The minimum Gasteiger partial charge on any atom is -0.445 e. The van der Waals surface area contributed by atoms with E-state index in [9.17, 15) is 14.7 Å². The lowest BCUT2D eigenvalue weighted by Gasteiger charge is -2.34. The summed E-state index contributed by atoms with van der Waals surface area (Å²) >= 11 is 0. The van der Waals surface area contributed by atoms with Gasteiger partial charge in [0.05, 0.1) is 30.2 Å². The fraction of sp³-hybridized carbons (Fsp3) is 0.633. The van der Waals surface area contributed by atoms with E-state index in [1.165, 1.54) is 11.3 Å². The van der Waals surface area contributed by atoms with Gasteiger partial charge in [0, 0.05) is 31.8 Å². The maximum Gasteiger partial charge on any atom is 0.410 e. The molecular formula is C30H44N4O6. The number of benzene rings is 1. The van der Waals surface area contributed by atoms with Gasteiger partial charge >= 0.3 is 6.09 Å². The number of rotatable bonds is 12. The Morgan fingerprint density at radius 2 is 1.95 bits per heavy atom. The number of aromatic nitrogens is 2. The van der Waals surface area contributed by atoms with E-state index in [4.69, 9.17) is 14.2 Å². The van der Waals surface area contributed by atoms with E-state index in [-0.39, 0.29) is 31.8 Å². The van der Waals surface area contributed by atoms with E-state index in [0.29, 0.717) is 24.5 Å². The molecule has 220 valence electrons. The van der Waals surface area contributed by atoms with Crippen molar-refractivity contribution in [2.24, 2.45) is 5.92 Å². The first kappa shape index (κ1) is 30.0. The van der Waals surface area contributed by atoms with Gasteiger partial charge in [-0.3, -0.25) is 9.69 Å². The number of amides is 2. The van der Waals surface area contributed by atoms with Gasteiger partial charge in [0.1, 0.15) is 19.4 Å². The summed E-state index contributed by atoms with van der Waals surface area (Å²) in [6.45, 7) is 4.18. The molecule has 2 aromatic rings. The zero-order valence-electron chi connectivity index (χ0n) is 23.9. The predicted molar refractivity (Wildman–Crippen MR) is 149 cm³/mol. The van der Waals surface area contributed by atoms with Gasteiger partial charge in [-0.15, -0.1) is 0 Å². The highest BCUT2D eigenvalue weighted by Crippen LogP contribution is 2.32. The maximum atomic E-state index is 13.8. The van der Waals surface area contributed by atoms with Gasteiger partial charge in [0.2, 0.25) is 5.91 Å². The second-order valence-electron chi connectivity index (χ2n) is 11.6. The Balaban J connectivity index is 1.47. The van der Waals surface area contributed by atoms with Crippen LogP contribution in [0.2, 0.25) is 0 Å². The SMILES string of the molecule is CN(C(=O)OCc1ccccc1)[C@@H](Cc1cnc[nH]1)C(=O)N[C@@H](CC1CCCCC1)[C@@H](O)C[C@@H]1OCOC1(C)C. The second-order valence-corrected chi connectivity index (χ2v) is 11.6. The van der Waals surface area contributed by atoms with Crippen molar-refractivity contribution in [1.82, 2.24) is 20.2 Å². The summed E-state index contributed by atoms with van der Waals surface area (Å²) in [5, 5.41) is 14.5. The molecule has 2 heterocycles. The number of ether oxygens (including phenoxy) is 3. The molecule has 1 saturated carbocycles. The summed E-state index contributed by atoms with van der Waals surface area (Å²) in [7, 11) is 1.56. The number of hydrogen-bond donors (Lipinski definition) is 3. The summed E-state index contributed by atoms with van der Waals surface area (Å²) < 4.78 is 17.0. The van der Waals surface area contributed by atoms with E-state index < -0.39 is 29.9 Å². The maximum absolute atomic E-state index is 13.8. The summed E-state index contributed by atoms with van der Waals surface area (Å²) in [6, 6.07) is 8.04. The summed E-state index contributed by atoms with van der Waals surface area (Å²) in [6.07, 6.45) is 8.38. The first-order valence-electron chi connectivity index (χ1n) is 14.4. The van der Waals surface area contributed by atoms with Crippen molar-refractivity contribution >= 4 is 12.0 Å². The molecule has 0 spiro atoms. The van der Waals surface area contributed by atoms with E-state index in [2.05, 4.69) is 15.3 Å². The van der Waals surface area contributed by atoms with Gasteiger partial charge in [-0.25, -0.2) is 9.78 Å². The van der Waals surface area contributed by atoms with Gasteiger partial charge in [-0.05, 0) is 31.7 Å². The smallest absolute Gasteiger partial charge is 0.410 e. The number of hydrogen-bond acceptors (Lipinski definition) is 7. The zero-order valence-corrected chi connectivity index (χ0v) is 23.9. The Morgan fingerprint density at radius 1 is 1.20 bits per heavy atom. The first-order valence-corrected chi connectivity index (χ1v) is 14.4. The Morgan fingerprint density at radius 3 is 2.60 bits per heavy atom. The Bertz CT molecular complexity index is 1060. The van der Waals surface area contributed by atoms with Crippen molar-refractivity contribution in [3.63, 3.8) is 0 Å². The number of likely N-dealkylation sites (N-methyl/N-ethyl adjacent to an activating group) is 1. The van der Waals surface area contributed by atoms with Crippen LogP contribution >= 0.6 is 0 Å². The number of H-pyrrole nitrogens is 1. The van der Waals surface area contributed by atoms with E-state index in [0.717, 1.165) is 31.2 Å². The number of nitrogens with zero attached hydrogens (tertiary/aromatic N) is 2. The van der Waals surface area contributed by atoms with Crippen LogP contribution in [0.4, 0.5) is 4.79 Å². The molecule has 10 heteroatoms. The summed E-state index contributed by atoms with van der Waals surface area (Å²) in [4.78, 5) is 35.3. The first-order chi connectivity index (χ1) is 19.2. The predicted octanol–water partition coefficient (Wildman–Crippen LogP) is 3.95. The van der Waals surface area contributed by atoms with Gasteiger partial charge < -0.3 is 29.6 Å². The van der Waals surface area contributed by atoms with Crippen molar-refractivity contribution in [2.45, 2.75) is 102 Å². The fourth-order valence-corrected chi connectivity index (χ4v) is 5.63. The van der Waals surface area contributed by atoms with Crippen molar-refractivity contribution in [1.29, 1.82) is 0 Å². The number of aliphatic hydroxyl groups is 1. The quantitative estimate of drug-likeness (QED) is 0.361. The Kier molecular flexibility index (Phi) is 10.6. The van der Waals surface area contributed by atoms with Crippen LogP contribution in [0.3, 0.4) is 0 Å². The summed E-state index contributed by atoms with van der Waals surface area (Å²) in [5.74, 6) is 0.0681. The molecule has 2 fully saturated rings. The fourth-order valence-electron chi connectivity index (χ4n) is 5.63. The lowest BCUT2D eigenvalue weighted by atomic mass is 9.82. The van der Waals surface area contributed by atoms with Gasteiger partial charge in [-0.1, -0.05) is 62.4 Å². The number of aliphatic hydroxyl groups excluding tert-OH is 1. The molecule has 2 amide bonds. The minimum absolute atomic E-state index is 0.102. The Labute approximate surface area is 236 Å². The second kappa shape index (κ2) is 14.1. The highest BCUT2D eigenvalue weighted by Gasteiger charge is 2.41. The van der Waals surface area contributed by atoms with Crippen molar-refractivity contribution in [2.75, 3.05) is 13.8 Å². The number of aromatic amines is 1. The highest BCUT2D eigenvalue weighted by atomic mass is 16.7. The molecule has 1 aliphatic carbocycles. The van der Waals surface area contributed by atoms with Crippen LogP contribution in [0.15, 0.2) is 42.9 Å². The molecule has 1 aliphatic heterocycles. The zero-order chi connectivity index (χ0) is 28.5. The Hall–Kier alpha value is -2.95. The molecular weight excluding hydrogens is 512 g/mol. The molecule has 1 saturated heterocycles. The number of carbonyl (C=O) groups is 2. The summed E-state index contributed by atoms with van der Waals surface area (Å²) in [5.41, 5.74) is 1.05. The number of imidazole rings is 1. The molecule has 0 radical (unpaired) electrons. The van der Waals surface area contributed by atoms with Crippen LogP contribution in [0.1, 0.15) is 70.1 Å². The normalized spacial score (nSPS) is 21.4. The van der Waals surface area contributed by atoms with Gasteiger partial charge in [0.25, 0.3) is 0 Å². The van der Waals surface area contributed by atoms with E-state index in [1.807, 2.05) is 44.2 Å². The molecule has 3 N–H and O–H groups in total. The third-order valence-corrected chi connectivity index (χ3v) is 8.27. The average Bonchev–Trinajstić information content (AvgIpc) is 3.59. The molecule has 10 nitrogen and oxygen atoms in total. The molecule has 0 unspecified atom stereocenters. The minimum atomic E-state index is -0.868. The van der Waals surface area contributed by atoms with Crippen LogP contribution in [-0.2, 0) is 32.0 Å². The van der Waals surface area contributed by atoms with Crippen LogP contribution in [0.5, 0.6) is 0 Å². The highest BCUT2D eigenvalue weighted by molar-refractivity contribution is 5.86. The van der Waals surface area contributed by atoms with Crippen molar-refractivity contribution in [3.8, 4) is 0 Å². The van der Waals surface area contributed by atoms with Crippen molar-refractivity contribution < 1.29 is 28.9 Å². The number of carbonyl (C=O) groups excluding carboxylic acids is 2. The molecule has 4 atom stereocenters. The molecule has 1 aromatic heterocycles. The average molecular weight is 557 g/mol. The molecule has 0 bridgehead atoms.